The van der Waals surface area contributed by atoms with Gasteiger partial charge in [0.1, 0.15) is 11.6 Å². The van der Waals surface area contributed by atoms with Crippen molar-refractivity contribution in [2.45, 2.75) is 45.4 Å². The van der Waals surface area contributed by atoms with Gasteiger partial charge >= 0.3 is 0 Å². The molecule has 2 aliphatic rings. The Morgan fingerprint density at radius 3 is 2.48 bits per heavy atom. The monoisotopic (exact) mass is 448 g/mol. The number of carbonyl (C=O) groups excluding carboxylic acids is 1. The largest absolute Gasteiger partial charge is 0.381 e. The number of para-hydroxylation sites is 1. The molecule has 2 aromatic heterocycles. The third-order valence-electron chi connectivity index (χ3n) is 6.68. The van der Waals surface area contributed by atoms with Gasteiger partial charge in [0.05, 0.1) is 16.8 Å². The lowest BCUT2D eigenvalue weighted by Gasteiger charge is -2.36. The molecule has 8 heteroatoms. The highest BCUT2D eigenvalue weighted by Crippen LogP contribution is 2.33. The van der Waals surface area contributed by atoms with Gasteiger partial charge in [0.25, 0.3) is 0 Å². The maximum atomic E-state index is 12.4. The number of fused-ring (bicyclic) bond motifs is 1. The van der Waals surface area contributed by atoms with Gasteiger partial charge in [0, 0.05) is 51.7 Å². The van der Waals surface area contributed by atoms with E-state index in [0.29, 0.717) is 6.42 Å². The average molecular weight is 449 g/mol. The SMILES string of the molecule is CCCC(=O)N1CCN(c2nc(C3CCOCC3)nc3c2c(C)nn3-c2ccccc2)CC1. The Balaban J connectivity index is 1.56. The van der Waals surface area contributed by atoms with Crippen LogP contribution in [-0.2, 0) is 9.53 Å². The Kier molecular flexibility index (Phi) is 6.26. The molecule has 0 atom stereocenters. The molecule has 0 radical (unpaired) electrons. The smallest absolute Gasteiger partial charge is 0.222 e. The van der Waals surface area contributed by atoms with Crippen LogP contribution >= 0.6 is 0 Å². The lowest BCUT2D eigenvalue weighted by atomic mass is 9.99. The van der Waals surface area contributed by atoms with Crippen molar-refractivity contribution in [3.05, 3.63) is 41.9 Å². The van der Waals surface area contributed by atoms with Crippen molar-refractivity contribution >= 4 is 22.8 Å². The number of hydrogen-bond acceptors (Lipinski definition) is 6. The second-order valence-electron chi connectivity index (χ2n) is 8.94. The van der Waals surface area contributed by atoms with E-state index < -0.39 is 0 Å². The molecule has 0 saturated carbocycles. The molecule has 4 heterocycles. The van der Waals surface area contributed by atoms with E-state index in [2.05, 4.69) is 24.0 Å². The molecular formula is C25H32N6O2. The van der Waals surface area contributed by atoms with Gasteiger partial charge in [-0.25, -0.2) is 14.6 Å². The maximum Gasteiger partial charge on any atom is 0.222 e. The zero-order chi connectivity index (χ0) is 22.8. The maximum absolute atomic E-state index is 12.4. The molecule has 0 N–H and O–H groups in total. The molecule has 5 rings (SSSR count). The molecule has 0 spiro atoms. The van der Waals surface area contributed by atoms with E-state index in [0.717, 1.165) is 92.7 Å². The van der Waals surface area contributed by atoms with Crippen molar-refractivity contribution in [1.82, 2.24) is 24.6 Å². The van der Waals surface area contributed by atoms with Crippen LogP contribution in [0.5, 0.6) is 0 Å². The quantitative estimate of drug-likeness (QED) is 0.595. The number of anilines is 1. The highest BCUT2D eigenvalue weighted by molar-refractivity contribution is 5.91. The molecule has 0 unspecified atom stereocenters. The first kappa shape index (κ1) is 21.8. The standard InChI is InChI=1S/C25H32N6O2/c1-3-7-21(32)29-12-14-30(15-13-29)24-22-18(2)28-31(20-8-5-4-6-9-20)25(22)27-23(26-24)19-10-16-33-17-11-19/h4-6,8-9,19H,3,7,10-17H2,1-2H3. The van der Waals surface area contributed by atoms with Gasteiger partial charge < -0.3 is 14.5 Å². The van der Waals surface area contributed by atoms with Crippen molar-refractivity contribution in [1.29, 1.82) is 0 Å². The lowest BCUT2D eigenvalue weighted by molar-refractivity contribution is -0.131. The van der Waals surface area contributed by atoms with Gasteiger partial charge in [-0.1, -0.05) is 25.1 Å². The molecular weight excluding hydrogens is 416 g/mol. The predicted molar refractivity (Wildman–Crippen MR) is 128 cm³/mol. The molecule has 1 aromatic carbocycles. The van der Waals surface area contributed by atoms with Crippen LogP contribution in [0.15, 0.2) is 30.3 Å². The first-order chi connectivity index (χ1) is 16.2. The summed E-state index contributed by atoms with van der Waals surface area (Å²) in [6.45, 7) is 8.56. The fourth-order valence-electron chi connectivity index (χ4n) is 4.83. The zero-order valence-corrected chi connectivity index (χ0v) is 19.5. The Hall–Kier alpha value is -3.00. The Labute approximate surface area is 194 Å². The highest BCUT2D eigenvalue weighted by atomic mass is 16.5. The lowest BCUT2D eigenvalue weighted by Crippen LogP contribution is -2.49. The Morgan fingerprint density at radius 2 is 1.79 bits per heavy atom. The van der Waals surface area contributed by atoms with Gasteiger partial charge in [0.2, 0.25) is 5.91 Å². The van der Waals surface area contributed by atoms with Gasteiger partial charge in [-0.2, -0.15) is 5.10 Å². The summed E-state index contributed by atoms with van der Waals surface area (Å²) in [7, 11) is 0. The number of rotatable bonds is 5. The van der Waals surface area contributed by atoms with Gasteiger partial charge in [-0.15, -0.1) is 0 Å². The van der Waals surface area contributed by atoms with Crippen molar-refractivity contribution < 1.29 is 9.53 Å². The number of ether oxygens (including phenoxy) is 1. The molecule has 0 aliphatic carbocycles. The fourth-order valence-corrected chi connectivity index (χ4v) is 4.83. The number of aromatic nitrogens is 4. The first-order valence-electron chi connectivity index (χ1n) is 12.1. The molecule has 2 fully saturated rings. The van der Waals surface area contributed by atoms with Crippen molar-refractivity contribution in [3.63, 3.8) is 0 Å². The number of nitrogens with zero attached hydrogens (tertiary/aromatic N) is 6. The zero-order valence-electron chi connectivity index (χ0n) is 19.5. The van der Waals surface area contributed by atoms with Crippen LogP contribution in [0, 0.1) is 6.92 Å². The highest BCUT2D eigenvalue weighted by Gasteiger charge is 2.28. The summed E-state index contributed by atoms with van der Waals surface area (Å²) in [5.74, 6) is 2.36. The van der Waals surface area contributed by atoms with Crippen LogP contribution in [0.4, 0.5) is 5.82 Å². The number of benzene rings is 1. The minimum Gasteiger partial charge on any atom is -0.381 e. The van der Waals surface area contributed by atoms with E-state index in [4.69, 9.17) is 19.8 Å². The fraction of sp³-hybridized carbons (Fsp3) is 0.520. The van der Waals surface area contributed by atoms with Crippen molar-refractivity contribution in [3.8, 4) is 5.69 Å². The molecule has 33 heavy (non-hydrogen) atoms. The summed E-state index contributed by atoms with van der Waals surface area (Å²) >= 11 is 0. The number of piperazine rings is 1. The third kappa shape index (κ3) is 4.31. The van der Waals surface area contributed by atoms with Gasteiger partial charge in [0.15, 0.2) is 5.65 Å². The van der Waals surface area contributed by atoms with E-state index in [1.54, 1.807) is 0 Å². The van der Waals surface area contributed by atoms with E-state index in [9.17, 15) is 4.79 Å². The van der Waals surface area contributed by atoms with E-state index in [-0.39, 0.29) is 11.8 Å². The Bertz CT molecular complexity index is 1110. The van der Waals surface area contributed by atoms with Crippen molar-refractivity contribution in [2.24, 2.45) is 0 Å². The molecule has 1 amide bonds. The summed E-state index contributed by atoms with van der Waals surface area (Å²) in [5.41, 5.74) is 2.77. The van der Waals surface area contributed by atoms with E-state index in [1.807, 2.05) is 34.7 Å². The van der Waals surface area contributed by atoms with Crippen LogP contribution in [0.1, 0.15) is 50.0 Å². The summed E-state index contributed by atoms with van der Waals surface area (Å²) in [6.07, 6.45) is 3.37. The summed E-state index contributed by atoms with van der Waals surface area (Å²) in [6, 6.07) is 10.2. The van der Waals surface area contributed by atoms with Crippen LogP contribution in [0.3, 0.4) is 0 Å². The van der Waals surface area contributed by atoms with Crippen LogP contribution < -0.4 is 4.90 Å². The molecule has 3 aromatic rings. The Morgan fingerprint density at radius 1 is 1.06 bits per heavy atom. The number of aryl methyl sites for hydroxylation is 1. The van der Waals surface area contributed by atoms with E-state index >= 15 is 0 Å². The second-order valence-corrected chi connectivity index (χ2v) is 8.94. The van der Waals surface area contributed by atoms with Crippen LogP contribution in [0.2, 0.25) is 0 Å². The summed E-state index contributed by atoms with van der Waals surface area (Å²) < 4.78 is 7.53. The third-order valence-corrected chi connectivity index (χ3v) is 6.68. The number of hydrogen-bond donors (Lipinski definition) is 0. The normalized spacial score (nSPS) is 17.6. The number of amides is 1. The predicted octanol–water partition coefficient (Wildman–Crippen LogP) is 3.47. The summed E-state index contributed by atoms with van der Waals surface area (Å²) in [4.78, 5) is 26.9. The van der Waals surface area contributed by atoms with Crippen molar-refractivity contribution in [2.75, 3.05) is 44.3 Å². The minimum atomic E-state index is 0.251. The van der Waals surface area contributed by atoms with Gasteiger partial charge in [-0.3, -0.25) is 4.79 Å². The van der Waals surface area contributed by atoms with E-state index in [1.165, 1.54) is 0 Å². The summed E-state index contributed by atoms with van der Waals surface area (Å²) in [5, 5.41) is 5.87. The molecule has 8 nitrogen and oxygen atoms in total. The molecule has 2 saturated heterocycles. The molecule has 2 aliphatic heterocycles. The topological polar surface area (TPSA) is 76.4 Å². The second kappa shape index (κ2) is 9.47. The van der Waals surface area contributed by atoms with Crippen LogP contribution in [0.25, 0.3) is 16.7 Å². The average Bonchev–Trinajstić information content (AvgIpc) is 3.21. The molecule has 0 bridgehead atoms. The minimum absolute atomic E-state index is 0.251. The molecule has 174 valence electrons. The van der Waals surface area contributed by atoms with Gasteiger partial charge in [-0.05, 0) is 38.3 Å². The van der Waals surface area contributed by atoms with Crippen LogP contribution in [-0.4, -0.2) is 69.9 Å². The number of carbonyl (C=O) groups is 1. The first-order valence-corrected chi connectivity index (χ1v) is 12.1.